The zero-order valence-electron chi connectivity index (χ0n) is 15.8. The topological polar surface area (TPSA) is 62.2 Å². The van der Waals surface area contributed by atoms with Gasteiger partial charge in [-0.2, -0.15) is 13.2 Å². The second-order valence-electron chi connectivity index (χ2n) is 7.40. The van der Waals surface area contributed by atoms with Crippen LogP contribution in [-0.4, -0.2) is 27.8 Å². The maximum absolute atomic E-state index is 14.6. The summed E-state index contributed by atoms with van der Waals surface area (Å²) in [6.45, 7) is 0. The normalized spacial score (nSPS) is 22.8. The van der Waals surface area contributed by atoms with Crippen LogP contribution in [0.2, 0.25) is 10.0 Å². The fraction of sp³-hybridized carbons (Fsp3) is 0.400. The number of aromatic nitrogens is 1. The van der Waals surface area contributed by atoms with Gasteiger partial charge in [0.1, 0.15) is 17.7 Å². The predicted molar refractivity (Wildman–Crippen MR) is 104 cm³/mol. The molecule has 1 aromatic heterocycles. The van der Waals surface area contributed by atoms with Crippen molar-refractivity contribution in [1.29, 1.82) is 0 Å². The molecule has 31 heavy (non-hydrogen) atoms. The highest BCUT2D eigenvalue weighted by atomic mass is 35.5. The zero-order chi connectivity index (χ0) is 23.0. The first-order valence-corrected chi connectivity index (χ1v) is 10.0. The first-order chi connectivity index (χ1) is 14.4. The Morgan fingerprint density at radius 1 is 1.23 bits per heavy atom. The molecule has 1 atom stereocenters. The molecule has 3 rings (SSSR count). The summed E-state index contributed by atoms with van der Waals surface area (Å²) in [5.41, 5.74) is -3.83. The maximum Gasteiger partial charge on any atom is 0.433 e. The van der Waals surface area contributed by atoms with Crippen LogP contribution in [0.5, 0.6) is 0 Å². The van der Waals surface area contributed by atoms with Gasteiger partial charge in [-0.15, -0.1) is 0 Å². The van der Waals surface area contributed by atoms with Crippen LogP contribution in [0.3, 0.4) is 0 Å². The second kappa shape index (κ2) is 8.88. The third-order valence-corrected chi connectivity index (χ3v) is 5.79. The molecule has 1 saturated carbocycles. The van der Waals surface area contributed by atoms with Crippen LogP contribution >= 0.6 is 23.2 Å². The van der Waals surface area contributed by atoms with Crippen LogP contribution in [0, 0.1) is 5.82 Å². The molecule has 2 N–H and O–H groups in total. The van der Waals surface area contributed by atoms with E-state index in [0.29, 0.717) is 12.3 Å². The number of benzene rings is 1. The molecular formula is C20H17Cl2F5N2O2. The van der Waals surface area contributed by atoms with Crippen molar-refractivity contribution in [2.24, 2.45) is 0 Å². The van der Waals surface area contributed by atoms with Crippen molar-refractivity contribution in [2.45, 2.75) is 49.7 Å². The molecule has 1 aromatic carbocycles. The SMILES string of the molecule is O=C(NC(c1cc(Cl)ccc1F)[C@]1(O)CC[C@@H](F)CC1)c1cc(C(F)(F)F)ncc1Cl. The van der Waals surface area contributed by atoms with Crippen LogP contribution in [0.4, 0.5) is 22.0 Å². The van der Waals surface area contributed by atoms with Crippen molar-refractivity contribution in [3.8, 4) is 0 Å². The summed E-state index contributed by atoms with van der Waals surface area (Å²) in [6.07, 6.45) is -5.58. The quantitative estimate of drug-likeness (QED) is 0.552. The van der Waals surface area contributed by atoms with Gasteiger partial charge in [0, 0.05) is 16.8 Å². The molecule has 1 aliphatic carbocycles. The van der Waals surface area contributed by atoms with E-state index in [4.69, 9.17) is 23.2 Å². The van der Waals surface area contributed by atoms with Crippen LogP contribution in [0.15, 0.2) is 30.5 Å². The Balaban J connectivity index is 2.01. The standard InChI is InChI=1S/C20H17Cl2F5N2O2/c21-10-1-2-15(24)13(7-10)17(19(31)5-3-11(23)4-6-19)29-18(30)12-8-16(20(25,26)27)28-9-14(12)22/h1-2,7-9,11,17,31H,3-6H2,(H,29,30)/t11-,17?,19+. The number of nitrogens with one attached hydrogen (secondary N) is 1. The van der Waals surface area contributed by atoms with Crippen molar-refractivity contribution in [3.05, 3.63) is 63.1 Å². The number of pyridine rings is 1. The van der Waals surface area contributed by atoms with Gasteiger partial charge < -0.3 is 10.4 Å². The molecule has 1 unspecified atom stereocenters. The van der Waals surface area contributed by atoms with E-state index in [0.717, 1.165) is 6.07 Å². The van der Waals surface area contributed by atoms with Crippen LogP contribution in [0.25, 0.3) is 0 Å². The Bertz CT molecular complexity index is 979. The Morgan fingerprint density at radius 2 is 1.87 bits per heavy atom. The molecule has 1 aliphatic rings. The molecular weight excluding hydrogens is 466 g/mol. The summed E-state index contributed by atoms with van der Waals surface area (Å²) in [5, 5.41) is 13.3. The number of carbonyl (C=O) groups excluding carboxylic acids is 1. The molecule has 0 spiro atoms. The fourth-order valence-corrected chi connectivity index (χ4v) is 3.95. The van der Waals surface area contributed by atoms with E-state index in [-0.39, 0.29) is 41.3 Å². The number of amides is 1. The number of carbonyl (C=O) groups is 1. The third-order valence-electron chi connectivity index (χ3n) is 5.25. The monoisotopic (exact) mass is 482 g/mol. The van der Waals surface area contributed by atoms with Crippen LogP contribution in [0.1, 0.15) is 53.3 Å². The van der Waals surface area contributed by atoms with E-state index in [9.17, 15) is 31.9 Å². The Labute approximate surface area is 184 Å². The number of halogens is 7. The van der Waals surface area contributed by atoms with Crippen molar-refractivity contribution >= 4 is 29.1 Å². The Morgan fingerprint density at radius 3 is 2.48 bits per heavy atom. The minimum absolute atomic E-state index is 0.0285. The first-order valence-electron chi connectivity index (χ1n) is 9.26. The molecule has 168 valence electrons. The smallest absolute Gasteiger partial charge is 0.387 e. The lowest BCUT2D eigenvalue weighted by molar-refractivity contribution is -0.141. The minimum Gasteiger partial charge on any atom is -0.387 e. The van der Waals surface area contributed by atoms with Gasteiger partial charge in [0.25, 0.3) is 5.91 Å². The maximum atomic E-state index is 14.6. The lowest BCUT2D eigenvalue weighted by atomic mass is 9.76. The first kappa shape index (κ1) is 23.7. The summed E-state index contributed by atoms with van der Waals surface area (Å²) in [7, 11) is 0. The average Bonchev–Trinajstić information content (AvgIpc) is 2.70. The van der Waals surface area contributed by atoms with Gasteiger partial charge in [-0.3, -0.25) is 9.78 Å². The van der Waals surface area contributed by atoms with Gasteiger partial charge in [0.2, 0.25) is 0 Å². The van der Waals surface area contributed by atoms with Crippen LogP contribution < -0.4 is 5.32 Å². The molecule has 0 radical (unpaired) electrons. The number of aliphatic hydroxyl groups is 1. The summed E-state index contributed by atoms with van der Waals surface area (Å²) < 4.78 is 67.2. The minimum atomic E-state index is -4.82. The highest BCUT2D eigenvalue weighted by Gasteiger charge is 2.43. The summed E-state index contributed by atoms with van der Waals surface area (Å²) in [5.74, 6) is -1.89. The largest absolute Gasteiger partial charge is 0.433 e. The van der Waals surface area contributed by atoms with Gasteiger partial charge in [0.05, 0.1) is 22.2 Å². The van der Waals surface area contributed by atoms with Crippen molar-refractivity contribution in [2.75, 3.05) is 0 Å². The van der Waals surface area contributed by atoms with E-state index in [2.05, 4.69) is 10.3 Å². The molecule has 1 fully saturated rings. The molecule has 0 saturated heterocycles. The van der Waals surface area contributed by atoms with E-state index in [1.165, 1.54) is 12.1 Å². The molecule has 11 heteroatoms. The predicted octanol–water partition coefficient (Wildman–Crippen LogP) is 5.66. The van der Waals surface area contributed by atoms with Gasteiger partial charge >= 0.3 is 6.18 Å². The zero-order valence-corrected chi connectivity index (χ0v) is 17.3. The number of alkyl halides is 4. The van der Waals surface area contributed by atoms with Crippen molar-refractivity contribution < 1.29 is 31.9 Å². The van der Waals surface area contributed by atoms with E-state index < -0.39 is 47.0 Å². The molecule has 2 aromatic rings. The molecule has 0 aliphatic heterocycles. The summed E-state index contributed by atoms with van der Waals surface area (Å²) in [4.78, 5) is 16.0. The average molecular weight is 483 g/mol. The van der Waals surface area contributed by atoms with Gasteiger partial charge in [-0.25, -0.2) is 8.78 Å². The second-order valence-corrected chi connectivity index (χ2v) is 8.24. The number of hydrogen-bond donors (Lipinski definition) is 2. The number of hydrogen-bond acceptors (Lipinski definition) is 3. The Kier molecular flexibility index (Phi) is 6.78. The van der Waals surface area contributed by atoms with Crippen molar-refractivity contribution in [3.63, 3.8) is 0 Å². The number of nitrogens with zero attached hydrogens (tertiary/aromatic N) is 1. The molecule has 1 heterocycles. The van der Waals surface area contributed by atoms with E-state index >= 15 is 0 Å². The van der Waals surface area contributed by atoms with Gasteiger partial charge in [-0.1, -0.05) is 23.2 Å². The summed E-state index contributed by atoms with van der Waals surface area (Å²) in [6, 6.07) is 2.53. The Hall–Kier alpha value is -1.97. The van der Waals surface area contributed by atoms with Crippen LogP contribution in [-0.2, 0) is 6.18 Å². The lowest BCUT2D eigenvalue weighted by Gasteiger charge is -2.40. The molecule has 1 amide bonds. The number of rotatable bonds is 4. The molecule has 0 bridgehead atoms. The van der Waals surface area contributed by atoms with E-state index in [1.807, 2.05) is 0 Å². The van der Waals surface area contributed by atoms with Crippen molar-refractivity contribution in [1.82, 2.24) is 10.3 Å². The molecule has 4 nitrogen and oxygen atoms in total. The van der Waals surface area contributed by atoms with Gasteiger partial charge in [0.15, 0.2) is 0 Å². The third kappa shape index (κ3) is 5.27. The highest BCUT2D eigenvalue weighted by molar-refractivity contribution is 6.33. The highest BCUT2D eigenvalue weighted by Crippen LogP contribution is 2.41. The van der Waals surface area contributed by atoms with E-state index in [1.54, 1.807) is 0 Å². The van der Waals surface area contributed by atoms with Gasteiger partial charge in [-0.05, 0) is 49.9 Å². The lowest BCUT2D eigenvalue weighted by Crippen LogP contribution is -2.49. The fourth-order valence-electron chi connectivity index (χ4n) is 3.59. The summed E-state index contributed by atoms with van der Waals surface area (Å²) >= 11 is 11.8.